The van der Waals surface area contributed by atoms with E-state index in [0.717, 1.165) is 16.3 Å². The Morgan fingerprint density at radius 3 is 2.18 bits per heavy atom. The minimum Gasteiger partial charge on any atom is -0.481 e. The number of fused-ring (bicyclic) bond motifs is 1. The lowest BCUT2D eigenvalue weighted by atomic mass is 10.0. The molecule has 0 aliphatic rings. The third-order valence-corrected chi connectivity index (χ3v) is 7.81. The Labute approximate surface area is 286 Å². The Kier molecular flexibility index (Phi) is 15.6. The van der Waals surface area contributed by atoms with E-state index in [1.54, 1.807) is 0 Å². The van der Waals surface area contributed by atoms with Crippen LogP contribution in [-0.2, 0) is 43.4 Å². The Hall–Kier alpha value is -5.61. The van der Waals surface area contributed by atoms with Crippen LogP contribution in [0, 0.1) is 0 Å². The number of benzene rings is 2. The van der Waals surface area contributed by atoms with Crippen molar-refractivity contribution in [2.24, 2.45) is 0 Å². The highest BCUT2D eigenvalue weighted by molar-refractivity contribution is 5.89. The number of aryl methyl sites for hydroxylation is 2. The van der Waals surface area contributed by atoms with Gasteiger partial charge in [0.1, 0.15) is 24.8 Å². The quantitative estimate of drug-likeness (QED) is 0.0746. The number of carbonyl (C=O) groups is 6. The standard InChI is InChI=1S/C33H42FN7O9/c34-15-17-41-24(20-36-40-41)8-5-10-28(42)37-27(19-21-11-12-22-6-1-2-7-23(22)18-21)30(45)35-16-4-3-9-25(31(46)47)38-33(50)39-26(32(48)49)13-14-29(43)44/h1-2,6-7,11-12,18,20,25-27H,3-5,8-10,13-17,19H2,(H,35,45)(H,37,42)(H,43,44)(H,46,47)(H,48,49)(H2,38,39,50). The molecule has 1 aromatic heterocycles. The summed E-state index contributed by atoms with van der Waals surface area (Å²) in [5, 5.41) is 47.0. The van der Waals surface area contributed by atoms with Gasteiger partial charge in [0.05, 0.1) is 18.4 Å². The molecule has 0 aliphatic carbocycles. The maximum absolute atomic E-state index is 13.3. The number of rotatable bonds is 22. The van der Waals surface area contributed by atoms with Gasteiger partial charge in [-0.25, -0.2) is 23.5 Å². The second kappa shape index (κ2) is 20.0. The summed E-state index contributed by atoms with van der Waals surface area (Å²) >= 11 is 0. The number of carboxylic acid groups (broad SMARTS) is 3. The third-order valence-electron chi connectivity index (χ3n) is 7.81. The topological polar surface area (TPSA) is 242 Å². The van der Waals surface area contributed by atoms with Crippen molar-refractivity contribution < 1.29 is 48.5 Å². The van der Waals surface area contributed by atoms with Crippen LogP contribution in [0.5, 0.6) is 0 Å². The average Bonchev–Trinajstić information content (AvgIpc) is 3.51. The number of aliphatic carboxylic acids is 3. The molecule has 17 heteroatoms. The molecule has 50 heavy (non-hydrogen) atoms. The highest BCUT2D eigenvalue weighted by Gasteiger charge is 2.25. The van der Waals surface area contributed by atoms with Gasteiger partial charge in [-0.3, -0.25) is 14.4 Å². The minimum absolute atomic E-state index is 0.0392. The fourth-order valence-electron chi connectivity index (χ4n) is 5.20. The van der Waals surface area contributed by atoms with E-state index in [0.29, 0.717) is 25.0 Å². The van der Waals surface area contributed by atoms with Crippen molar-refractivity contribution in [3.05, 3.63) is 59.9 Å². The second-order valence-corrected chi connectivity index (χ2v) is 11.6. The monoisotopic (exact) mass is 699 g/mol. The summed E-state index contributed by atoms with van der Waals surface area (Å²) in [4.78, 5) is 72.3. The van der Waals surface area contributed by atoms with Crippen LogP contribution in [0.1, 0.15) is 56.2 Å². The lowest BCUT2D eigenvalue weighted by Crippen LogP contribution is -2.51. The van der Waals surface area contributed by atoms with Gasteiger partial charge in [-0.05, 0) is 54.9 Å². The first kappa shape index (κ1) is 38.8. The SMILES string of the molecule is O=C(O)CCC(NC(=O)NC(CCCCNC(=O)C(Cc1ccc2ccccc2c1)NC(=O)CCCc1cnnn1CCF)C(=O)O)C(=O)O. The highest BCUT2D eigenvalue weighted by Crippen LogP contribution is 2.17. The summed E-state index contributed by atoms with van der Waals surface area (Å²) in [6.07, 6.45) is 2.35. The molecular formula is C33H42FN7O9. The molecule has 0 saturated heterocycles. The number of hydrogen-bond donors (Lipinski definition) is 7. The van der Waals surface area contributed by atoms with Gasteiger partial charge >= 0.3 is 23.9 Å². The van der Waals surface area contributed by atoms with Crippen LogP contribution in [0.3, 0.4) is 0 Å². The average molecular weight is 700 g/mol. The van der Waals surface area contributed by atoms with Crippen molar-refractivity contribution in [2.75, 3.05) is 13.2 Å². The maximum atomic E-state index is 13.3. The van der Waals surface area contributed by atoms with Crippen LogP contribution < -0.4 is 21.3 Å². The van der Waals surface area contributed by atoms with E-state index in [1.807, 2.05) is 42.5 Å². The molecule has 0 radical (unpaired) electrons. The molecule has 0 bridgehead atoms. The third kappa shape index (κ3) is 13.1. The van der Waals surface area contributed by atoms with E-state index < -0.39 is 61.1 Å². The fraction of sp³-hybridized carbons (Fsp3) is 0.455. The zero-order chi connectivity index (χ0) is 36.5. The molecule has 1 heterocycles. The summed E-state index contributed by atoms with van der Waals surface area (Å²) in [5.41, 5.74) is 1.52. The van der Waals surface area contributed by atoms with Crippen LogP contribution in [0.4, 0.5) is 9.18 Å². The van der Waals surface area contributed by atoms with E-state index in [2.05, 4.69) is 31.6 Å². The summed E-state index contributed by atoms with van der Waals surface area (Å²) in [6.45, 7) is -0.381. The number of nitrogens with zero attached hydrogens (tertiary/aromatic N) is 3. The number of nitrogens with one attached hydrogen (secondary N) is 4. The molecular weight excluding hydrogens is 657 g/mol. The Morgan fingerprint density at radius 2 is 1.50 bits per heavy atom. The molecule has 0 fully saturated rings. The number of amides is 4. The van der Waals surface area contributed by atoms with Crippen LogP contribution >= 0.6 is 0 Å². The molecule has 4 amide bonds. The van der Waals surface area contributed by atoms with Gasteiger partial charge in [-0.2, -0.15) is 0 Å². The number of halogens is 1. The number of carbonyl (C=O) groups excluding carboxylic acids is 3. The molecule has 2 aromatic carbocycles. The molecule has 16 nitrogen and oxygen atoms in total. The van der Waals surface area contributed by atoms with E-state index in [9.17, 15) is 43.4 Å². The number of alkyl halides is 1. The lowest BCUT2D eigenvalue weighted by molar-refractivity contribution is -0.141. The van der Waals surface area contributed by atoms with E-state index in [1.165, 1.54) is 10.9 Å². The highest BCUT2D eigenvalue weighted by atomic mass is 19.1. The summed E-state index contributed by atoms with van der Waals surface area (Å²) in [6, 6.07) is 8.62. The van der Waals surface area contributed by atoms with Crippen molar-refractivity contribution in [1.82, 2.24) is 36.3 Å². The summed E-state index contributed by atoms with van der Waals surface area (Å²) < 4.78 is 14.2. The minimum atomic E-state index is -1.52. The van der Waals surface area contributed by atoms with E-state index in [4.69, 9.17) is 5.11 Å². The zero-order valence-corrected chi connectivity index (χ0v) is 27.3. The van der Waals surface area contributed by atoms with Crippen LogP contribution in [0.2, 0.25) is 0 Å². The number of aromatic nitrogens is 3. The first-order chi connectivity index (χ1) is 24.0. The Morgan fingerprint density at radius 1 is 0.800 bits per heavy atom. The van der Waals surface area contributed by atoms with E-state index in [-0.39, 0.29) is 51.1 Å². The van der Waals surface area contributed by atoms with Crippen molar-refractivity contribution in [3.63, 3.8) is 0 Å². The molecule has 3 rings (SSSR count). The summed E-state index contributed by atoms with van der Waals surface area (Å²) in [5.74, 6) is -4.86. The van der Waals surface area contributed by atoms with Gasteiger partial charge in [0.15, 0.2) is 0 Å². The van der Waals surface area contributed by atoms with Gasteiger partial charge in [-0.1, -0.05) is 47.7 Å². The summed E-state index contributed by atoms with van der Waals surface area (Å²) in [7, 11) is 0. The molecule has 3 aromatic rings. The van der Waals surface area contributed by atoms with Gasteiger partial charge < -0.3 is 36.6 Å². The number of carboxylic acids is 3. The number of hydrogen-bond acceptors (Lipinski definition) is 8. The van der Waals surface area contributed by atoms with Crippen LogP contribution in [0.15, 0.2) is 48.7 Å². The smallest absolute Gasteiger partial charge is 0.326 e. The number of unbranched alkanes of at least 4 members (excludes halogenated alkanes) is 1. The first-order valence-electron chi connectivity index (χ1n) is 16.2. The Bertz CT molecular complexity index is 1630. The van der Waals surface area contributed by atoms with Crippen molar-refractivity contribution in [1.29, 1.82) is 0 Å². The molecule has 0 aliphatic heterocycles. The van der Waals surface area contributed by atoms with Crippen molar-refractivity contribution >= 4 is 46.5 Å². The predicted molar refractivity (Wildman–Crippen MR) is 177 cm³/mol. The number of urea groups is 1. The molecule has 0 saturated carbocycles. The van der Waals surface area contributed by atoms with Crippen LogP contribution in [0.25, 0.3) is 10.8 Å². The normalized spacial score (nSPS) is 12.7. The fourth-order valence-corrected chi connectivity index (χ4v) is 5.20. The first-order valence-corrected chi connectivity index (χ1v) is 16.2. The van der Waals surface area contributed by atoms with Gasteiger partial charge in [0, 0.05) is 25.8 Å². The zero-order valence-electron chi connectivity index (χ0n) is 27.3. The van der Waals surface area contributed by atoms with Gasteiger partial charge in [-0.15, -0.1) is 5.10 Å². The van der Waals surface area contributed by atoms with Crippen molar-refractivity contribution in [2.45, 2.75) is 82.5 Å². The van der Waals surface area contributed by atoms with E-state index >= 15 is 0 Å². The van der Waals surface area contributed by atoms with Gasteiger partial charge in [0.25, 0.3) is 0 Å². The molecule has 7 N–H and O–H groups in total. The molecule has 270 valence electrons. The molecule has 0 spiro atoms. The Balaban J connectivity index is 1.53. The van der Waals surface area contributed by atoms with Crippen molar-refractivity contribution in [3.8, 4) is 0 Å². The van der Waals surface area contributed by atoms with Gasteiger partial charge in [0.2, 0.25) is 11.8 Å². The largest absolute Gasteiger partial charge is 0.481 e. The van der Waals surface area contributed by atoms with Crippen LogP contribution in [-0.4, -0.2) is 97.4 Å². The second-order valence-electron chi connectivity index (χ2n) is 11.6. The predicted octanol–water partition coefficient (Wildman–Crippen LogP) is 1.81. The molecule has 3 atom stereocenters. The lowest BCUT2D eigenvalue weighted by Gasteiger charge is -2.20. The maximum Gasteiger partial charge on any atom is 0.326 e. The molecule has 3 unspecified atom stereocenters.